The number of nitrogens with two attached hydrogens (primary N) is 2. The summed E-state index contributed by atoms with van der Waals surface area (Å²) < 4.78 is 5.57. The Morgan fingerprint density at radius 2 is 2.06 bits per heavy atom. The molecule has 0 aliphatic rings. The third kappa shape index (κ3) is 4.00. The van der Waals surface area contributed by atoms with Crippen molar-refractivity contribution in [3.05, 3.63) is 29.3 Å². The largest absolute Gasteiger partial charge is 0.494 e. The van der Waals surface area contributed by atoms with Crippen LogP contribution in [0, 0.1) is 0 Å². The predicted octanol–water partition coefficient (Wildman–Crippen LogP) is 1.11. The van der Waals surface area contributed by atoms with Crippen molar-refractivity contribution >= 4 is 0 Å². The van der Waals surface area contributed by atoms with Crippen LogP contribution in [0.4, 0.5) is 0 Å². The molecule has 4 heteroatoms. The Labute approximate surface area is 104 Å². The number of nitrogens with zero attached hydrogens (tertiary/aromatic N) is 1. The van der Waals surface area contributed by atoms with Gasteiger partial charge in [0.1, 0.15) is 5.75 Å². The number of benzene rings is 1. The number of ether oxygens (including phenoxy) is 1. The Hall–Kier alpha value is -1.10. The van der Waals surface area contributed by atoms with Crippen LogP contribution in [0.2, 0.25) is 0 Å². The molecular weight excluding hydrogens is 214 g/mol. The van der Waals surface area contributed by atoms with Crippen LogP contribution in [-0.4, -0.2) is 32.1 Å². The van der Waals surface area contributed by atoms with E-state index in [0.717, 1.165) is 17.9 Å². The van der Waals surface area contributed by atoms with Gasteiger partial charge in [0.15, 0.2) is 0 Å². The van der Waals surface area contributed by atoms with E-state index in [4.69, 9.17) is 16.2 Å². The summed E-state index contributed by atoms with van der Waals surface area (Å²) in [5, 5.41) is 0. The van der Waals surface area contributed by atoms with E-state index in [9.17, 15) is 0 Å². The smallest absolute Gasteiger partial charge is 0.124 e. The Bertz CT molecular complexity index is 353. The van der Waals surface area contributed by atoms with Crippen molar-refractivity contribution in [2.24, 2.45) is 11.5 Å². The van der Waals surface area contributed by atoms with Gasteiger partial charge in [-0.1, -0.05) is 6.07 Å². The molecule has 1 atom stereocenters. The molecule has 0 aromatic heterocycles. The molecule has 1 aromatic rings. The second kappa shape index (κ2) is 6.59. The minimum absolute atomic E-state index is 0.168. The molecule has 0 saturated heterocycles. The number of hydrogen-bond acceptors (Lipinski definition) is 4. The first-order valence-electron chi connectivity index (χ1n) is 5.94. The Morgan fingerprint density at radius 1 is 1.35 bits per heavy atom. The molecule has 0 fully saturated rings. The monoisotopic (exact) mass is 237 g/mol. The summed E-state index contributed by atoms with van der Waals surface area (Å²) in [5.74, 6) is 0.841. The van der Waals surface area contributed by atoms with E-state index in [1.54, 1.807) is 0 Å². The van der Waals surface area contributed by atoms with E-state index in [0.29, 0.717) is 13.2 Å². The molecule has 1 rings (SSSR count). The minimum Gasteiger partial charge on any atom is -0.494 e. The van der Waals surface area contributed by atoms with Crippen molar-refractivity contribution in [2.75, 3.05) is 27.2 Å². The summed E-state index contributed by atoms with van der Waals surface area (Å²) in [7, 11) is 4.08. The fourth-order valence-electron chi connectivity index (χ4n) is 1.77. The van der Waals surface area contributed by atoms with Crippen LogP contribution in [-0.2, 0) is 6.54 Å². The van der Waals surface area contributed by atoms with Gasteiger partial charge >= 0.3 is 0 Å². The fraction of sp³-hybridized carbons (Fsp3) is 0.538. The van der Waals surface area contributed by atoms with Gasteiger partial charge in [-0.2, -0.15) is 0 Å². The highest BCUT2D eigenvalue weighted by molar-refractivity contribution is 5.39. The summed E-state index contributed by atoms with van der Waals surface area (Å²) in [6.07, 6.45) is 0. The van der Waals surface area contributed by atoms with Gasteiger partial charge in [-0.3, -0.25) is 0 Å². The SMILES string of the molecule is CCOc1ccc(CN(C)C)cc1C(N)CN. The third-order valence-electron chi connectivity index (χ3n) is 2.53. The van der Waals surface area contributed by atoms with Crippen LogP contribution in [0.1, 0.15) is 24.1 Å². The normalized spacial score (nSPS) is 12.8. The maximum Gasteiger partial charge on any atom is 0.124 e. The van der Waals surface area contributed by atoms with Crippen molar-refractivity contribution < 1.29 is 4.74 Å². The molecule has 0 aliphatic carbocycles. The number of rotatable bonds is 6. The van der Waals surface area contributed by atoms with Crippen molar-refractivity contribution in [1.82, 2.24) is 4.90 Å². The Balaban J connectivity index is 3.00. The number of hydrogen-bond donors (Lipinski definition) is 2. The zero-order valence-electron chi connectivity index (χ0n) is 10.9. The van der Waals surface area contributed by atoms with Gasteiger partial charge in [-0.05, 0) is 38.7 Å². The summed E-state index contributed by atoms with van der Waals surface area (Å²) in [6.45, 7) is 3.91. The molecule has 0 aliphatic heterocycles. The van der Waals surface area contributed by atoms with E-state index in [2.05, 4.69) is 17.0 Å². The van der Waals surface area contributed by atoms with Crippen molar-refractivity contribution in [3.63, 3.8) is 0 Å². The van der Waals surface area contributed by atoms with Gasteiger partial charge in [0.25, 0.3) is 0 Å². The van der Waals surface area contributed by atoms with Crippen LogP contribution in [0.25, 0.3) is 0 Å². The van der Waals surface area contributed by atoms with Gasteiger partial charge in [0.05, 0.1) is 6.61 Å². The van der Waals surface area contributed by atoms with Gasteiger partial charge < -0.3 is 21.1 Å². The molecule has 96 valence electrons. The van der Waals surface area contributed by atoms with E-state index >= 15 is 0 Å². The summed E-state index contributed by atoms with van der Waals surface area (Å²) >= 11 is 0. The van der Waals surface area contributed by atoms with E-state index in [1.165, 1.54) is 5.56 Å². The molecule has 4 N–H and O–H groups in total. The third-order valence-corrected chi connectivity index (χ3v) is 2.53. The molecule has 0 saturated carbocycles. The average Bonchev–Trinajstić information content (AvgIpc) is 2.29. The van der Waals surface area contributed by atoms with Crippen LogP contribution < -0.4 is 16.2 Å². The highest BCUT2D eigenvalue weighted by atomic mass is 16.5. The molecule has 1 aromatic carbocycles. The first kappa shape index (κ1) is 14.0. The zero-order valence-corrected chi connectivity index (χ0v) is 10.9. The predicted molar refractivity (Wildman–Crippen MR) is 71.0 cm³/mol. The van der Waals surface area contributed by atoms with Gasteiger partial charge in [0, 0.05) is 24.7 Å². The van der Waals surface area contributed by atoms with Crippen molar-refractivity contribution in [3.8, 4) is 5.75 Å². The highest BCUT2D eigenvalue weighted by Crippen LogP contribution is 2.25. The second-order valence-corrected chi connectivity index (χ2v) is 4.39. The fourth-order valence-corrected chi connectivity index (χ4v) is 1.77. The maximum absolute atomic E-state index is 6.01. The van der Waals surface area contributed by atoms with Crippen LogP contribution in [0.5, 0.6) is 5.75 Å². The van der Waals surface area contributed by atoms with Crippen molar-refractivity contribution in [1.29, 1.82) is 0 Å². The summed E-state index contributed by atoms with van der Waals surface area (Å²) in [5.41, 5.74) is 13.8. The molecular formula is C13H23N3O. The maximum atomic E-state index is 6.01. The standard InChI is InChI=1S/C13H23N3O/c1-4-17-13-6-5-10(9-16(2)3)7-11(13)12(15)8-14/h5-7,12H,4,8-9,14-15H2,1-3H3. The first-order valence-corrected chi connectivity index (χ1v) is 5.94. The topological polar surface area (TPSA) is 64.5 Å². The molecule has 17 heavy (non-hydrogen) atoms. The quantitative estimate of drug-likeness (QED) is 0.778. The van der Waals surface area contributed by atoms with E-state index in [1.807, 2.05) is 27.1 Å². The van der Waals surface area contributed by atoms with Crippen molar-refractivity contribution in [2.45, 2.75) is 19.5 Å². The Morgan fingerprint density at radius 3 is 2.59 bits per heavy atom. The van der Waals surface area contributed by atoms with E-state index < -0.39 is 0 Å². The highest BCUT2D eigenvalue weighted by Gasteiger charge is 2.11. The summed E-state index contributed by atoms with van der Waals surface area (Å²) in [6, 6.07) is 5.96. The van der Waals surface area contributed by atoms with Gasteiger partial charge in [-0.25, -0.2) is 0 Å². The second-order valence-electron chi connectivity index (χ2n) is 4.39. The summed E-state index contributed by atoms with van der Waals surface area (Å²) in [4.78, 5) is 2.12. The Kier molecular flexibility index (Phi) is 5.41. The van der Waals surface area contributed by atoms with Crippen LogP contribution in [0.3, 0.4) is 0 Å². The zero-order chi connectivity index (χ0) is 12.8. The van der Waals surface area contributed by atoms with E-state index in [-0.39, 0.29) is 6.04 Å². The lowest BCUT2D eigenvalue weighted by Gasteiger charge is -2.18. The molecule has 0 spiro atoms. The molecule has 0 radical (unpaired) electrons. The lowest BCUT2D eigenvalue weighted by Crippen LogP contribution is -2.22. The molecule has 0 bridgehead atoms. The average molecular weight is 237 g/mol. The van der Waals surface area contributed by atoms with Gasteiger partial charge in [-0.15, -0.1) is 0 Å². The molecule has 4 nitrogen and oxygen atoms in total. The lowest BCUT2D eigenvalue weighted by atomic mass is 10.0. The molecule has 0 heterocycles. The lowest BCUT2D eigenvalue weighted by molar-refractivity contribution is 0.333. The minimum atomic E-state index is -0.168. The van der Waals surface area contributed by atoms with Crippen LogP contribution in [0.15, 0.2) is 18.2 Å². The first-order chi connectivity index (χ1) is 8.08. The van der Waals surface area contributed by atoms with Gasteiger partial charge in [0.2, 0.25) is 0 Å². The van der Waals surface area contributed by atoms with Crippen LogP contribution >= 0.6 is 0 Å². The molecule has 0 amide bonds. The molecule has 1 unspecified atom stereocenters.